The molecule has 1 amide bonds. The van der Waals surface area contributed by atoms with E-state index < -0.39 is 0 Å². The van der Waals surface area contributed by atoms with Crippen LogP contribution >= 0.6 is 23.2 Å². The summed E-state index contributed by atoms with van der Waals surface area (Å²) < 4.78 is 7.30. The highest BCUT2D eigenvalue weighted by Gasteiger charge is 2.23. The lowest BCUT2D eigenvalue weighted by Gasteiger charge is -2.35. The molecule has 1 aromatic heterocycles. The van der Waals surface area contributed by atoms with Crippen LogP contribution in [-0.2, 0) is 16.0 Å². The number of nitrogens with zero attached hydrogens (tertiary/aromatic N) is 3. The van der Waals surface area contributed by atoms with Crippen molar-refractivity contribution in [3.8, 4) is 5.69 Å². The van der Waals surface area contributed by atoms with Crippen molar-refractivity contribution in [3.05, 3.63) is 45.2 Å². The molecule has 31 heavy (non-hydrogen) atoms. The Bertz CT molecular complexity index is 907. The second-order valence-corrected chi connectivity index (χ2v) is 9.39. The third-order valence-electron chi connectivity index (χ3n) is 5.77. The number of aryl methyl sites for hydroxylation is 1. The molecule has 1 unspecified atom stereocenters. The summed E-state index contributed by atoms with van der Waals surface area (Å²) in [6, 6.07) is 5.74. The third-order valence-corrected chi connectivity index (χ3v) is 6.51. The van der Waals surface area contributed by atoms with Gasteiger partial charge in [0, 0.05) is 36.9 Å². The van der Waals surface area contributed by atoms with E-state index >= 15 is 0 Å². The van der Waals surface area contributed by atoms with Gasteiger partial charge in [-0.2, -0.15) is 5.10 Å². The number of hydrogen-bond acceptors (Lipinski definition) is 4. The van der Waals surface area contributed by atoms with Gasteiger partial charge < -0.3 is 10.1 Å². The first-order valence-corrected chi connectivity index (χ1v) is 11.6. The van der Waals surface area contributed by atoms with Gasteiger partial charge in [0.05, 0.1) is 41.1 Å². The number of carbonyl (C=O) groups is 1. The number of rotatable bonds is 8. The molecule has 0 aliphatic carbocycles. The molecule has 1 saturated heterocycles. The van der Waals surface area contributed by atoms with Crippen molar-refractivity contribution in [2.75, 3.05) is 32.8 Å². The van der Waals surface area contributed by atoms with Crippen LogP contribution in [0.15, 0.2) is 18.2 Å². The number of halogens is 2. The van der Waals surface area contributed by atoms with Gasteiger partial charge in [0.1, 0.15) is 0 Å². The average molecular weight is 467 g/mol. The van der Waals surface area contributed by atoms with Crippen LogP contribution in [-0.4, -0.2) is 59.5 Å². The minimum atomic E-state index is 0.0157. The lowest BCUT2D eigenvalue weighted by Crippen LogP contribution is -2.49. The fourth-order valence-electron chi connectivity index (χ4n) is 4.10. The summed E-state index contributed by atoms with van der Waals surface area (Å²) in [6.07, 6.45) is 1.35. The molecule has 3 rings (SSSR count). The number of carbonyl (C=O) groups excluding carboxylic acids is 1. The zero-order valence-corrected chi connectivity index (χ0v) is 20.3. The lowest BCUT2D eigenvalue weighted by atomic mass is 10.0. The Labute approximate surface area is 194 Å². The largest absolute Gasteiger partial charge is 0.379 e. The molecule has 1 aliphatic heterocycles. The molecule has 0 spiro atoms. The van der Waals surface area contributed by atoms with Crippen LogP contribution in [0.4, 0.5) is 0 Å². The van der Waals surface area contributed by atoms with Crippen molar-refractivity contribution < 1.29 is 9.53 Å². The maximum Gasteiger partial charge on any atom is 0.224 e. The molecule has 1 fully saturated rings. The van der Waals surface area contributed by atoms with Gasteiger partial charge in [-0.05, 0) is 44.4 Å². The van der Waals surface area contributed by atoms with Crippen molar-refractivity contribution in [3.63, 3.8) is 0 Å². The Morgan fingerprint density at radius 3 is 2.55 bits per heavy atom. The maximum absolute atomic E-state index is 12.8. The van der Waals surface area contributed by atoms with Crippen LogP contribution in [0.25, 0.3) is 5.69 Å². The second-order valence-electron chi connectivity index (χ2n) is 8.57. The third kappa shape index (κ3) is 6.22. The topological polar surface area (TPSA) is 59.4 Å². The summed E-state index contributed by atoms with van der Waals surface area (Å²) in [5.74, 6) is 0.584. The first-order valence-electron chi connectivity index (χ1n) is 10.8. The smallest absolute Gasteiger partial charge is 0.224 e. The van der Waals surface area contributed by atoms with E-state index in [1.54, 1.807) is 12.1 Å². The molecular formula is C23H32Cl2N4O2. The highest BCUT2D eigenvalue weighted by atomic mass is 35.5. The SMILES string of the molecule is Cc1nn(-c2ccc(Cl)c(Cl)c2)c(C)c1CC(=O)NCC(CC(C)C)N1CCOCC1. The van der Waals surface area contributed by atoms with Crippen LogP contribution in [0.1, 0.15) is 37.2 Å². The van der Waals surface area contributed by atoms with Gasteiger partial charge in [0.25, 0.3) is 0 Å². The Kier molecular flexibility index (Phi) is 8.39. The van der Waals surface area contributed by atoms with E-state index in [4.69, 9.17) is 27.9 Å². The first-order chi connectivity index (χ1) is 14.8. The Balaban J connectivity index is 1.67. The minimum Gasteiger partial charge on any atom is -0.379 e. The molecule has 1 atom stereocenters. The number of ether oxygens (including phenoxy) is 1. The van der Waals surface area contributed by atoms with Gasteiger partial charge in [-0.1, -0.05) is 37.0 Å². The molecule has 2 heterocycles. The van der Waals surface area contributed by atoms with Crippen molar-refractivity contribution in [1.29, 1.82) is 0 Å². The molecule has 0 bridgehead atoms. The van der Waals surface area contributed by atoms with Gasteiger partial charge in [-0.3, -0.25) is 9.69 Å². The molecular weight excluding hydrogens is 435 g/mol. The van der Waals surface area contributed by atoms with Crippen molar-refractivity contribution in [1.82, 2.24) is 20.0 Å². The van der Waals surface area contributed by atoms with Crippen LogP contribution in [0.2, 0.25) is 10.0 Å². The number of aromatic nitrogens is 2. The quantitative estimate of drug-likeness (QED) is 0.632. The molecule has 6 nitrogen and oxygen atoms in total. The predicted molar refractivity (Wildman–Crippen MR) is 125 cm³/mol. The Morgan fingerprint density at radius 1 is 1.19 bits per heavy atom. The van der Waals surface area contributed by atoms with E-state index in [-0.39, 0.29) is 5.91 Å². The zero-order chi connectivity index (χ0) is 22.5. The zero-order valence-electron chi connectivity index (χ0n) is 18.8. The number of benzene rings is 1. The summed E-state index contributed by atoms with van der Waals surface area (Å²) in [4.78, 5) is 15.2. The summed E-state index contributed by atoms with van der Waals surface area (Å²) >= 11 is 12.2. The van der Waals surface area contributed by atoms with Gasteiger partial charge in [-0.25, -0.2) is 4.68 Å². The van der Waals surface area contributed by atoms with Crippen molar-refractivity contribution in [2.24, 2.45) is 5.92 Å². The van der Waals surface area contributed by atoms with Gasteiger partial charge in [0.2, 0.25) is 5.91 Å². The van der Waals surface area contributed by atoms with Gasteiger partial charge in [0.15, 0.2) is 0 Å². The number of nitrogens with one attached hydrogen (secondary N) is 1. The minimum absolute atomic E-state index is 0.0157. The van der Waals surface area contributed by atoms with Gasteiger partial charge in [-0.15, -0.1) is 0 Å². The highest BCUT2D eigenvalue weighted by Crippen LogP contribution is 2.26. The molecule has 0 saturated carbocycles. The molecule has 8 heteroatoms. The van der Waals surface area contributed by atoms with E-state index in [9.17, 15) is 4.79 Å². The predicted octanol–water partition coefficient (Wildman–Crippen LogP) is 4.20. The van der Waals surface area contributed by atoms with E-state index in [2.05, 4.69) is 29.2 Å². The molecule has 1 N–H and O–H groups in total. The Morgan fingerprint density at radius 2 is 1.90 bits per heavy atom. The van der Waals surface area contributed by atoms with E-state index in [1.807, 2.05) is 24.6 Å². The number of morpholine rings is 1. The Hall–Kier alpha value is -1.60. The van der Waals surface area contributed by atoms with Crippen molar-refractivity contribution >= 4 is 29.1 Å². The molecule has 1 aromatic carbocycles. The summed E-state index contributed by atoms with van der Waals surface area (Å²) in [5, 5.41) is 8.76. The van der Waals surface area contributed by atoms with Gasteiger partial charge >= 0.3 is 0 Å². The first kappa shape index (κ1) is 24.1. The van der Waals surface area contributed by atoms with Crippen LogP contribution in [0.5, 0.6) is 0 Å². The summed E-state index contributed by atoms with van der Waals surface area (Å²) in [5.41, 5.74) is 3.53. The van der Waals surface area contributed by atoms with E-state index in [1.165, 1.54) is 0 Å². The molecule has 170 valence electrons. The summed E-state index contributed by atoms with van der Waals surface area (Å²) in [7, 11) is 0. The lowest BCUT2D eigenvalue weighted by molar-refractivity contribution is -0.120. The number of amides is 1. The van der Waals surface area contributed by atoms with Crippen LogP contribution < -0.4 is 5.32 Å². The summed E-state index contributed by atoms with van der Waals surface area (Å²) in [6.45, 7) is 12.3. The van der Waals surface area contributed by atoms with E-state index in [0.29, 0.717) is 35.0 Å². The molecule has 2 aromatic rings. The fraction of sp³-hybridized carbons (Fsp3) is 0.565. The monoisotopic (exact) mass is 466 g/mol. The molecule has 0 radical (unpaired) electrons. The maximum atomic E-state index is 12.8. The average Bonchev–Trinajstić information content (AvgIpc) is 3.01. The fourth-order valence-corrected chi connectivity index (χ4v) is 4.39. The van der Waals surface area contributed by atoms with E-state index in [0.717, 1.165) is 55.4 Å². The normalized spacial score (nSPS) is 16.0. The number of hydrogen-bond donors (Lipinski definition) is 1. The standard InChI is InChI=1S/C23H32Cl2N4O2/c1-15(2)11-19(28-7-9-31-10-8-28)14-26-23(30)13-20-16(3)27-29(17(20)4)18-5-6-21(24)22(25)12-18/h5-6,12,15,19H,7-11,13-14H2,1-4H3,(H,26,30). The van der Waals surface area contributed by atoms with Crippen LogP contribution in [0, 0.1) is 19.8 Å². The molecule has 1 aliphatic rings. The van der Waals surface area contributed by atoms with Crippen LogP contribution in [0.3, 0.4) is 0 Å². The van der Waals surface area contributed by atoms with Crippen molar-refractivity contribution in [2.45, 2.75) is 46.6 Å². The second kappa shape index (κ2) is 10.8. The highest BCUT2D eigenvalue weighted by molar-refractivity contribution is 6.42.